The van der Waals surface area contributed by atoms with Gasteiger partial charge in [-0.1, -0.05) is 35.1 Å². The topological polar surface area (TPSA) is 64.9 Å². The van der Waals surface area contributed by atoms with Gasteiger partial charge < -0.3 is 10.2 Å². The molecule has 0 spiro atoms. The second kappa shape index (κ2) is 3.47. The van der Waals surface area contributed by atoms with Gasteiger partial charge in [-0.25, -0.2) is 0 Å². The lowest BCUT2D eigenvalue weighted by atomic mass is 10.2. The fourth-order valence-corrected chi connectivity index (χ4v) is 2.25. The molecule has 80 valence electrons. The molecular formula is C10H6ClN3OS. The van der Waals surface area contributed by atoms with Crippen LogP contribution < -0.4 is 5.73 Å². The first-order valence-electron chi connectivity index (χ1n) is 4.51. The molecule has 2 heterocycles. The van der Waals surface area contributed by atoms with Crippen molar-refractivity contribution in [2.24, 2.45) is 0 Å². The molecule has 0 atom stereocenters. The van der Waals surface area contributed by atoms with E-state index < -0.39 is 0 Å². The third-order valence-electron chi connectivity index (χ3n) is 2.15. The summed E-state index contributed by atoms with van der Waals surface area (Å²) in [4.78, 5) is 0. The van der Waals surface area contributed by atoms with Gasteiger partial charge in [-0.2, -0.15) is 0 Å². The maximum Gasteiger partial charge on any atom is 0.203 e. The van der Waals surface area contributed by atoms with E-state index in [2.05, 4.69) is 10.2 Å². The molecule has 0 saturated heterocycles. The highest BCUT2D eigenvalue weighted by atomic mass is 35.5. The summed E-state index contributed by atoms with van der Waals surface area (Å²) in [5.41, 5.74) is 6.18. The van der Waals surface area contributed by atoms with Crippen molar-refractivity contribution in [3.63, 3.8) is 0 Å². The van der Waals surface area contributed by atoms with Gasteiger partial charge >= 0.3 is 0 Å². The minimum Gasteiger partial charge on any atom is -0.452 e. The molecule has 0 aliphatic rings. The van der Waals surface area contributed by atoms with Gasteiger partial charge in [-0.05, 0) is 12.1 Å². The van der Waals surface area contributed by atoms with Crippen molar-refractivity contribution in [1.82, 2.24) is 10.2 Å². The number of fused-ring (bicyclic) bond motifs is 1. The number of nitrogens with zero attached hydrogens (tertiary/aromatic N) is 2. The molecule has 0 saturated carbocycles. The van der Waals surface area contributed by atoms with E-state index >= 15 is 0 Å². The van der Waals surface area contributed by atoms with Crippen molar-refractivity contribution in [3.05, 3.63) is 29.3 Å². The molecule has 0 unspecified atom stereocenters. The van der Waals surface area contributed by atoms with Crippen LogP contribution in [-0.4, -0.2) is 10.2 Å². The average molecular weight is 252 g/mol. The third-order valence-corrected chi connectivity index (χ3v) is 3.21. The molecule has 4 nitrogen and oxygen atoms in total. The van der Waals surface area contributed by atoms with Crippen LogP contribution >= 0.6 is 22.9 Å². The Kier molecular flexibility index (Phi) is 2.08. The maximum atomic E-state index is 6.01. The highest BCUT2D eigenvalue weighted by molar-refractivity contribution is 7.18. The van der Waals surface area contributed by atoms with Crippen LogP contribution in [0.5, 0.6) is 0 Å². The highest BCUT2D eigenvalue weighted by Crippen LogP contribution is 2.33. The third kappa shape index (κ3) is 1.45. The molecule has 0 amide bonds. The Bertz CT molecular complexity index is 661. The Morgan fingerprint density at radius 1 is 1.31 bits per heavy atom. The zero-order valence-corrected chi connectivity index (χ0v) is 9.55. The summed E-state index contributed by atoms with van der Waals surface area (Å²) in [5.74, 6) is 0.636. The van der Waals surface area contributed by atoms with Crippen molar-refractivity contribution in [2.75, 3.05) is 5.73 Å². The number of aromatic nitrogens is 2. The summed E-state index contributed by atoms with van der Waals surface area (Å²) in [6, 6.07) is 7.46. The number of halogens is 1. The van der Waals surface area contributed by atoms with Gasteiger partial charge in [-0.3, -0.25) is 0 Å². The number of benzene rings is 1. The number of anilines is 1. The molecule has 0 bridgehead atoms. The van der Waals surface area contributed by atoms with Crippen LogP contribution in [0.2, 0.25) is 5.02 Å². The molecule has 0 radical (unpaired) electrons. The van der Waals surface area contributed by atoms with Gasteiger partial charge in [0.25, 0.3) is 0 Å². The predicted octanol–water partition coefficient (Wildman–Crippen LogP) is 3.19. The van der Waals surface area contributed by atoms with Crippen LogP contribution in [-0.2, 0) is 0 Å². The van der Waals surface area contributed by atoms with Crippen LogP contribution in [0.4, 0.5) is 5.13 Å². The van der Waals surface area contributed by atoms with Gasteiger partial charge in [0, 0.05) is 5.39 Å². The lowest BCUT2D eigenvalue weighted by Gasteiger charge is -1.89. The molecule has 1 aromatic carbocycles. The highest BCUT2D eigenvalue weighted by Gasteiger charge is 2.12. The molecule has 2 N–H and O–H groups in total. The van der Waals surface area contributed by atoms with E-state index in [9.17, 15) is 0 Å². The summed E-state index contributed by atoms with van der Waals surface area (Å²) >= 11 is 7.29. The summed E-state index contributed by atoms with van der Waals surface area (Å²) in [7, 11) is 0. The van der Waals surface area contributed by atoms with E-state index in [1.807, 2.05) is 18.2 Å². The lowest BCUT2D eigenvalue weighted by Crippen LogP contribution is -1.79. The van der Waals surface area contributed by atoms with Crippen molar-refractivity contribution < 1.29 is 4.42 Å². The number of hydrogen-bond acceptors (Lipinski definition) is 5. The second-order valence-electron chi connectivity index (χ2n) is 3.21. The van der Waals surface area contributed by atoms with Crippen LogP contribution in [0.1, 0.15) is 0 Å². The number of nitrogens with two attached hydrogens (primary N) is 1. The smallest absolute Gasteiger partial charge is 0.203 e. The van der Waals surface area contributed by atoms with E-state index in [0.717, 1.165) is 5.39 Å². The minimum atomic E-state index is 0.418. The fraction of sp³-hybridized carbons (Fsp3) is 0. The lowest BCUT2D eigenvalue weighted by molar-refractivity contribution is 0.630. The second-order valence-corrected chi connectivity index (χ2v) is 4.63. The van der Waals surface area contributed by atoms with Gasteiger partial charge in [0.05, 0.1) is 5.02 Å². The Morgan fingerprint density at radius 3 is 2.88 bits per heavy atom. The first-order valence-corrected chi connectivity index (χ1v) is 5.71. The van der Waals surface area contributed by atoms with Crippen LogP contribution in [0.25, 0.3) is 21.7 Å². The quantitative estimate of drug-likeness (QED) is 0.721. The fourth-order valence-electron chi connectivity index (χ4n) is 1.47. The first kappa shape index (κ1) is 9.62. The van der Waals surface area contributed by atoms with Crippen molar-refractivity contribution in [1.29, 1.82) is 0 Å². The number of hydrogen-bond donors (Lipinski definition) is 1. The van der Waals surface area contributed by atoms with Crippen LogP contribution in [0, 0.1) is 0 Å². The molecule has 6 heteroatoms. The van der Waals surface area contributed by atoms with Gasteiger partial charge in [0.2, 0.25) is 5.13 Å². The van der Waals surface area contributed by atoms with Crippen molar-refractivity contribution in [2.45, 2.75) is 0 Å². The Hall–Kier alpha value is -1.59. The van der Waals surface area contributed by atoms with E-state index in [4.69, 9.17) is 21.8 Å². The summed E-state index contributed by atoms with van der Waals surface area (Å²) < 4.78 is 5.62. The van der Waals surface area contributed by atoms with Crippen molar-refractivity contribution >= 4 is 39.0 Å². The van der Waals surface area contributed by atoms with Gasteiger partial charge in [0.15, 0.2) is 16.4 Å². The molecule has 3 aromatic rings. The Morgan fingerprint density at radius 2 is 2.19 bits per heavy atom. The largest absolute Gasteiger partial charge is 0.452 e. The maximum absolute atomic E-state index is 6.01. The number of furan rings is 1. The van der Waals surface area contributed by atoms with E-state index in [0.29, 0.717) is 26.5 Å². The molecule has 0 aliphatic carbocycles. The zero-order valence-electron chi connectivity index (χ0n) is 7.98. The standard InChI is InChI=1S/C10H6ClN3OS/c11-6-3-1-2-5-4-7(15-8(5)6)9-13-14-10(12)16-9/h1-4H,(H2,12,14). The molecular weight excluding hydrogens is 246 g/mol. The number of para-hydroxylation sites is 1. The average Bonchev–Trinajstić information content (AvgIpc) is 2.84. The minimum absolute atomic E-state index is 0.418. The Balaban J connectivity index is 2.22. The first-order chi connectivity index (χ1) is 7.74. The monoisotopic (exact) mass is 251 g/mol. The normalized spacial score (nSPS) is 11.1. The predicted molar refractivity (Wildman–Crippen MR) is 64.5 cm³/mol. The van der Waals surface area contributed by atoms with Crippen LogP contribution in [0.15, 0.2) is 28.7 Å². The Labute approximate surface area is 99.7 Å². The number of nitrogen functional groups attached to an aromatic ring is 1. The van der Waals surface area contributed by atoms with Gasteiger partial charge in [-0.15, -0.1) is 10.2 Å². The molecule has 3 rings (SSSR count). The summed E-state index contributed by atoms with van der Waals surface area (Å²) in [6.45, 7) is 0. The van der Waals surface area contributed by atoms with E-state index in [1.54, 1.807) is 6.07 Å². The number of rotatable bonds is 1. The molecule has 0 aliphatic heterocycles. The van der Waals surface area contributed by atoms with Crippen LogP contribution in [0.3, 0.4) is 0 Å². The van der Waals surface area contributed by atoms with E-state index in [1.165, 1.54) is 11.3 Å². The van der Waals surface area contributed by atoms with Crippen molar-refractivity contribution in [3.8, 4) is 10.8 Å². The zero-order chi connectivity index (χ0) is 11.1. The molecule has 0 fully saturated rings. The molecule has 2 aromatic heterocycles. The molecule has 16 heavy (non-hydrogen) atoms. The summed E-state index contributed by atoms with van der Waals surface area (Å²) in [5, 5.41) is 10.3. The van der Waals surface area contributed by atoms with E-state index in [-0.39, 0.29) is 0 Å². The SMILES string of the molecule is Nc1nnc(-c2cc3cccc(Cl)c3o2)s1. The van der Waals surface area contributed by atoms with Gasteiger partial charge in [0.1, 0.15) is 0 Å². The summed E-state index contributed by atoms with van der Waals surface area (Å²) in [6.07, 6.45) is 0.